The Morgan fingerprint density at radius 2 is 1.97 bits per heavy atom. The van der Waals surface area contributed by atoms with Gasteiger partial charge in [0, 0.05) is 5.02 Å². The van der Waals surface area contributed by atoms with Crippen molar-refractivity contribution in [3.8, 4) is 11.5 Å². The Balaban J connectivity index is 1.60. The van der Waals surface area contributed by atoms with Crippen LogP contribution in [0.1, 0.15) is 19.8 Å². The average Bonchev–Trinajstić information content (AvgIpc) is 2.68. The molecule has 1 aliphatic heterocycles. The van der Waals surface area contributed by atoms with Crippen LogP contribution in [0.4, 0.5) is 5.69 Å². The second-order valence-electron chi connectivity index (χ2n) is 6.24. The van der Waals surface area contributed by atoms with Crippen LogP contribution in [0.3, 0.4) is 0 Å². The summed E-state index contributed by atoms with van der Waals surface area (Å²) in [6.45, 7) is 1.80. The Kier molecular flexibility index (Phi) is 6.29. The molecule has 1 heterocycles. The van der Waals surface area contributed by atoms with Crippen molar-refractivity contribution in [1.29, 1.82) is 0 Å². The fourth-order valence-corrected chi connectivity index (χ4v) is 3.78. The van der Waals surface area contributed by atoms with E-state index in [0.29, 0.717) is 22.9 Å². The molecule has 8 nitrogen and oxygen atoms in total. The molecule has 1 unspecified atom stereocenters. The highest BCUT2D eigenvalue weighted by molar-refractivity contribution is 7.90. The van der Waals surface area contributed by atoms with E-state index in [4.69, 9.17) is 21.1 Å². The number of amides is 2. The van der Waals surface area contributed by atoms with Gasteiger partial charge < -0.3 is 14.8 Å². The molecular formula is C19H19ClN2O6S. The first-order valence-electron chi connectivity index (χ1n) is 8.84. The van der Waals surface area contributed by atoms with E-state index in [0.717, 1.165) is 0 Å². The minimum Gasteiger partial charge on any atom is -0.493 e. The number of halogens is 1. The summed E-state index contributed by atoms with van der Waals surface area (Å²) in [5, 5.41) is 3.17. The first-order chi connectivity index (χ1) is 13.8. The maximum atomic E-state index is 12.5. The van der Waals surface area contributed by atoms with Crippen LogP contribution < -0.4 is 19.5 Å². The summed E-state index contributed by atoms with van der Waals surface area (Å²) in [7, 11) is -4.11. The number of rotatable bonds is 7. The van der Waals surface area contributed by atoms with Crippen molar-refractivity contribution < 1.29 is 27.5 Å². The van der Waals surface area contributed by atoms with Gasteiger partial charge in [-0.15, -0.1) is 0 Å². The highest BCUT2D eigenvalue weighted by Gasteiger charge is 2.28. The van der Waals surface area contributed by atoms with E-state index < -0.39 is 22.0 Å². The summed E-state index contributed by atoms with van der Waals surface area (Å²) >= 11 is 5.78. The van der Waals surface area contributed by atoms with Gasteiger partial charge in [-0.2, -0.15) is 0 Å². The number of sulfonamides is 1. The van der Waals surface area contributed by atoms with Gasteiger partial charge in [0.15, 0.2) is 6.10 Å². The van der Waals surface area contributed by atoms with Crippen molar-refractivity contribution in [3.63, 3.8) is 0 Å². The molecule has 3 rings (SSSR count). The zero-order valence-electron chi connectivity index (χ0n) is 15.5. The normalized spacial score (nSPS) is 15.7. The van der Waals surface area contributed by atoms with Gasteiger partial charge in [0.05, 0.1) is 23.6 Å². The fourth-order valence-electron chi connectivity index (χ4n) is 2.62. The maximum absolute atomic E-state index is 12.5. The molecule has 1 atom stereocenters. The number of nitrogens with one attached hydrogen (secondary N) is 2. The summed E-state index contributed by atoms with van der Waals surface area (Å²) in [5.74, 6) is -0.181. The van der Waals surface area contributed by atoms with Gasteiger partial charge in [-0.25, -0.2) is 13.1 Å². The summed E-state index contributed by atoms with van der Waals surface area (Å²) < 4.78 is 37.8. The number of hydrogen-bond acceptors (Lipinski definition) is 6. The molecule has 0 aromatic heterocycles. The SMILES string of the molecule is CCC1Oc2ccc(S(=O)(=O)NC(=O)CCOc3ccc(Cl)cc3)cc2NC1=O. The van der Waals surface area contributed by atoms with E-state index in [1.807, 2.05) is 4.72 Å². The average molecular weight is 439 g/mol. The number of fused-ring (bicyclic) bond motifs is 1. The Labute approximate surface area is 173 Å². The lowest BCUT2D eigenvalue weighted by Gasteiger charge is -2.25. The van der Waals surface area contributed by atoms with Gasteiger partial charge in [0.1, 0.15) is 11.5 Å². The molecule has 0 saturated carbocycles. The lowest BCUT2D eigenvalue weighted by molar-refractivity contribution is -0.123. The molecule has 154 valence electrons. The molecule has 29 heavy (non-hydrogen) atoms. The summed E-state index contributed by atoms with van der Waals surface area (Å²) in [6, 6.07) is 10.6. The molecule has 0 radical (unpaired) electrons. The first-order valence-corrected chi connectivity index (χ1v) is 10.7. The van der Waals surface area contributed by atoms with Crippen LogP contribution in [0.2, 0.25) is 5.02 Å². The van der Waals surface area contributed by atoms with E-state index in [2.05, 4.69) is 5.32 Å². The standard InChI is InChI=1S/C19H19ClN2O6S/c1-2-16-19(24)21-15-11-14(7-8-17(15)28-16)29(25,26)22-18(23)9-10-27-13-5-3-12(20)4-6-13/h3-8,11,16H,2,9-10H2,1H3,(H,21,24)(H,22,23). The zero-order chi connectivity index (χ0) is 21.0. The number of ether oxygens (including phenoxy) is 2. The zero-order valence-corrected chi connectivity index (χ0v) is 17.0. The van der Waals surface area contributed by atoms with Crippen LogP contribution in [0.25, 0.3) is 0 Å². The Morgan fingerprint density at radius 1 is 1.24 bits per heavy atom. The molecule has 0 aliphatic carbocycles. The van der Waals surface area contributed by atoms with Gasteiger partial charge in [-0.1, -0.05) is 18.5 Å². The molecule has 0 saturated heterocycles. The Bertz CT molecular complexity index is 1020. The predicted octanol–water partition coefficient (Wildman–Crippen LogP) is 2.72. The number of benzene rings is 2. The summed E-state index contributed by atoms with van der Waals surface area (Å²) in [4.78, 5) is 23.8. The van der Waals surface area contributed by atoms with Crippen molar-refractivity contribution in [1.82, 2.24) is 4.72 Å². The molecule has 10 heteroatoms. The number of carbonyl (C=O) groups is 2. The van der Waals surface area contributed by atoms with E-state index >= 15 is 0 Å². The Morgan fingerprint density at radius 3 is 2.66 bits per heavy atom. The molecule has 1 aliphatic rings. The summed E-state index contributed by atoms with van der Waals surface area (Å²) in [5.41, 5.74) is 0.237. The highest BCUT2D eigenvalue weighted by Crippen LogP contribution is 2.32. The number of anilines is 1. The van der Waals surface area contributed by atoms with Crippen LogP contribution in [-0.4, -0.2) is 32.9 Å². The largest absolute Gasteiger partial charge is 0.493 e. The lowest BCUT2D eigenvalue weighted by atomic mass is 10.2. The molecule has 0 spiro atoms. The van der Waals surface area contributed by atoms with Crippen molar-refractivity contribution >= 4 is 39.1 Å². The second-order valence-corrected chi connectivity index (χ2v) is 8.36. The van der Waals surface area contributed by atoms with Crippen molar-refractivity contribution in [2.24, 2.45) is 0 Å². The molecule has 0 bridgehead atoms. The fraction of sp³-hybridized carbons (Fsp3) is 0.263. The molecule has 2 N–H and O–H groups in total. The van der Waals surface area contributed by atoms with Gasteiger partial charge in [0.2, 0.25) is 5.91 Å². The van der Waals surface area contributed by atoms with E-state index in [1.54, 1.807) is 31.2 Å². The van der Waals surface area contributed by atoms with Crippen molar-refractivity contribution in [2.45, 2.75) is 30.8 Å². The highest BCUT2D eigenvalue weighted by atomic mass is 35.5. The molecule has 2 aromatic carbocycles. The van der Waals surface area contributed by atoms with Gasteiger partial charge >= 0.3 is 0 Å². The van der Waals surface area contributed by atoms with Crippen molar-refractivity contribution in [3.05, 3.63) is 47.5 Å². The van der Waals surface area contributed by atoms with E-state index in [1.165, 1.54) is 18.2 Å². The second kappa shape index (κ2) is 8.71. The number of carbonyl (C=O) groups excluding carboxylic acids is 2. The van der Waals surface area contributed by atoms with E-state index in [9.17, 15) is 18.0 Å². The minimum absolute atomic E-state index is 0.00449. The topological polar surface area (TPSA) is 111 Å². The third kappa shape index (κ3) is 5.18. The minimum atomic E-state index is -4.11. The van der Waals surface area contributed by atoms with Gasteiger partial charge in [0.25, 0.3) is 15.9 Å². The lowest BCUT2D eigenvalue weighted by Crippen LogP contribution is -2.36. The molecular weight excluding hydrogens is 420 g/mol. The van der Waals surface area contributed by atoms with Crippen LogP contribution in [-0.2, 0) is 19.6 Å². The first kappa shape index (κ1) is 20.9. The van der Waals surface area contributed by atoms with Gasteiger partial charge in [-0.3, -0.25) is 9.59 Å². The molecule has 2 amide bonds. The van der Waals surface area contributed by atoms with Crippen LogP contribution in [0.15, 0.2) is 47.4 Å². The third-order valence-electron chi connectivity index (χ3n) is 4.11. The third-order valence-corrected chi connectivity index (χ3v) is 5.73. The molecule has 0 fully saturated rings. The van der Waals surface area contributed by atoms with Gasteiger partial charge in [-0.05, 0) is 48.9 Å². The van der Waals surface area contributed by atoms with E-state index in [-0.39, 0.29) is 29.5 Å². The Hall–Kier alpha value is -2.78. The quantitative estimate of drug-likeness (QED) is 0.687. The monoisotopic (exact) mass is 438 g/mol. The maximum Gasteiger partial charge on any atom is 0.265 e. The number of hydrogen-bond donors (Lipinski definition) is 2. The van der Waals surface area contributed by atoms with Crippen LogP contribution in [0.5, 0.6) is 11.5 Å². The summed E-state index contributed by atoms with van der Waals surface area (Å²) in [6.07, 6.45) is -0.296. The molecule has 2 aromatic rings. The predicted molar refractivity (Wildman–Crippen MR) is 107 cm³/mol. The van der Waals surface area contributed by atoms with Crippen LogP contribution >= 0.6 is 11.6 Å². The van der Waals surface area contributed by atoms with Crippen molar-refractivity contribution in [2.75, 3.05) is 11.9 Å². The van der Waals surface area contributed by atoms with Crippen LogP contribution in [0, 0.1) is 0 Å². The smallest absolute Gasteiger partial charge is 0.265 e.